The Hall–Kier alpha value is -3.56. The molecule has 0 bridgehead atoms. The van der Waals surface area contributed by atoms with E-state index >= 15 is 0 Å². The molecule has 0 saturated carbocycles. The van der Waals surface area contributed by atoms with E-state index in [4.69, 9.17) is 34.8 Å². The van der Waals surface area contributed by atoms with Gasteiger partial charge < -0.3 is 10.2 Å². The highest BCUT2D eigenvalue weighted by molar-refractivity contribution is 7.92. The highest BCUT2D eigenvalue weighted by atomic mass is 35.5. The molecule has 0 aliphatic rings. The number of halogens is 3. The van der Waals surface area contributed by atoms with E-state index < -0.39 is 28.5 Å². The Bertz CT molecular complexity index is 1700. The molecule has 0 fully saturated rings. The summed E-state index contributed by atoms with van der Waals surface area (Å²) >= 11 is 18.6. The summed E-state index contributed by atoms with van der Waals surface area (Å²) in [5, 5.41) is 4.05. The van der Waals surface area contributed by atoms with E-state index in [9.17, 15) is 18.0 Å². The maximum atomic E-state index is 14.4. The van der Waals surface area contributed by atoms with Crippen molar-refractivity contribution < 1.29 is 18.0 Å². The number of carbonyl (C=O) groups excluding carboxylic acids is 2. The predicted molar refractivity (Wildman–Crippen MR) is 177 cm³/mol. The molecule has 2 amide bonds. The third kappa shape index (κ3) is 8.76. The Morgan fingerprint density at radius 3 is 1.98 bits per heavy atom. The number of anilines is 1. The van der Waals surface area contributed by atoms with E-state index in [1.54, 1.807) is 42.5 Å². The van der Waals surface area contributed by atoms with Crippen LogP contribution in [0.15, 0.2) is 108 Å². The molecule has 0 unspecified atom stereocenters. The van der Waals surface area contributed by atoms with Crippen LogP contribution in [-0.2, 0) is 32.6 Å². The second kappa shape index (κ2) is 14.9. The molecule has 1 atom stereocenters. The highest BCUT2D eigenvalue weighted by Gasteiger charge is 2.35. The number of hydrogen-bond donors (Lipinski definition) is 1. The number of hydrogen-bond acceptors (Lipinski definition) is 4. The molecule has 230 valence electrons. The first-order valence-electron chi connectivity index (χ1n) is 13.9. The molecule has 11 heteroatoms. The van der Waals surface area contributed by atoms with Crippen molar-refractivity contribution in [3.8, 4) is 0 Å². The van der Waals surface area contributed by atoms with Gasteiger partial charge in [-0.05, 0) is 79.6 Å². The zero-order valence-electron chi connectivity index (χ0n) is 24.2. The van der Waals surface area contributed by atoms with Crippen LogP contribution < -0.4 is 9.62 Å². The molecular weight excluding hydrogens is 641 g/mol. The number of rotatable bonds is 12. The molecule has 1 N–H and O–H groups in total. The van der Waals surface area contributed by atoms with Gasteiger partial charge in [0.1, 0.15) is 12.6 Å². The smallest absolute Gasteiger partial charge is 0.264 e. The van der Waals surface area contributed by atoms with Crippen molar-refractivity contribution in [3.63, 3.8) is 0 Å². The minimum atomic E-state index is -4.27. The summed E-state index contributed by atoms with van der Waals surface area (Å²) < 4.78 is 29.1. The summed E-state index contributed by atoms with van der Waals surface area (Å²) in [6.45, 7) is 3.07. The Balaban J connectivity index is 1.81. The molecule has 0 aromatic heterocycles. The van der Waals surface area contributed by atoms with E-state index in [0.29, 0.717) is 20.6 Å². The predicted octanol–water partition coefficient (Wildman–Crippen LogP) is 7.01. The third-order valence-electron chi connectivity index (χ3n) is 6.72. The van der Waals surface area contributed by atoms with Crippen molar-refractivity contribution in [1.82, 2.24) is 10.2 Å². The second-order valence-corrected chi connectivity index (χ2v) is 13.6. The zero-order chi connectivity index (χ0) is 31.9. The molecule has 0 spiro atoms. The van der Waals surface area contributed by atoms with Crippen molar-refractivity contribution in [1.29, 1.82) is 0 Å². The number of benzene rings is 4. The average Bonchev–Trinajstić information content (AvgIpc) is 2.98. The van der Waals surface area contributed by atoms with Crippen LogP contribution in [0, 0.1) is 0 Å². The van der Waals surface area contributed by atoms with Crippen LogP contribution in [0.3, 0.4) is 0 Å². The first-order valence-corrected chi connectivity index (χ1v) is 16.4. The molecule has 7 nitrogen and oxygen atoms in total. The molecule has 0 heterocycles. The molecule has 4 aromatic carbocycles. The quantitative estimate of drug-likeness (QED) is 0.176. The van der Waals surface area contributed by atoms with Gasteiger partial charge in [0, 0.05) is 34.1 Å². The van der Waals surface area contributed by atoms with Crippen LogP contribution >= 0.6 is 34.8 Å². The highest BCUT2D eigenvalue weighted by Crippen LogP contribution is 2.28. The van der Waals surface area contributed by atoms with Crippen LogP contribution in [0.1, 0.15) is 25.0 Å². The average molecular weight is 673 g/mol. The number of nitrogens with one attached hydrogen (secondary N) is 1. The van der Waals surface area contributed by atoms with Gasteiger partial charge in [-0.2, -0.15) is 0 Å². The van der Waals surface area contributed by atoms with Crippen molar-refractivity contribution in [2.75, 3.05) is 10.8 Å². The van der Waals surface area contributed by atoms with Gasteiger partial charge in [0.15, 0.2) is 0 Å². The Labute approximate surface area is 273 Å². The van der Waals surface area contributed by atoms with Gasteiger partial charge in [-0.3, -0.25) is 13.9 Å². The molecule has 4 aromatic rings. The van der Waals surface area contributed by atoms with Gasteiger partial charge >= 0.3 is 0 Å². The first kappa shape index (κ1) is 33.3. The van der Waals surface area contributed by atoms with Crippen molar-refractivity contribution in [2.45, 2.75) is 43.8 Å². The maximum absolute atomic E-state index is 14.4. The molecule has 4 rings (SSSR count). The topological polar surface area (TPSA) is 86.8 Å². The Morgan fingerprint density at radius 1 is 0.750 bits per heavy atom. The van der Waals surface area contributed by atoms with Crippen molar-refractivity contribution in [3.05, 3.63) is 129 Å². The molecule has 0 aliphatic carbocycles. The van der Waals surface area contributed by atoms with Crippen molar-refractivity contribution in [2.24, 2.45) is 0 Å². The van der Waals surface area contributed by atoms with Crippen LogP contribution in [0.4, 0.5) is 5.69 Å². The molecule has 44 heavy (non-hydrogen) atoms. The molecule has 0 radical (unpaired) electrons. The second-order valence-electron chi connectivity index (χ2n) is 10.5. The minimum Gasteiger partial charge on any atom is -0.352 e. The Kier molecular flexibility index (Phi) is 11.3. The third-order valence-corrected chi connectivity index (χ3v) is 9.23. The fourth-order valence-corrected chi connectivity index (χ4v) is 6.59. The van der Waals surface area contributed by atoms with E-state index in [0.717, 1.165) is 9.87 Å². The van der Waals surface area contributed by atoms with E-state index in [-0.39, 0.29) is 35.5 Å². The lowest BCUT2D eigenvalue weighted by molar-refractivity contribution is -0.140. The first-order chi connectivity index (χ1) is 20.9. The summed E-state index contributed by atoms with van der Waals surface area (Å²) in [6.07, 6.45) is 0.201. The lowest BCUT2D eigenvalue weighted by Gasteiger charge is -2.34. The Morgan fingerprint density at radius 2 is 1.36 bits per heavy atom. The SMILES string of the molecule is CC(C)NC(=O)[C@@H](Cc1ccccc1)N(Cc1cccc(Cl)c1)C(=O)CN(c1cccc(Cl)c1)S(=O)(=O)c1ccc(Cl)cc1. The summed E-state index contributed by atoms with van der Waals surface area (Å²) in [5.41, 5.74) is 1.70. The van der Waals surface area contributed by atoms with Crippen molar-refractivity contribution >= 4 is 62.3 Å². The number of sulfonamides is 1. The fraction of sp³-hybridized carbons (Fsp3) is 0.212. The monoisotopic (exact) mass is 671 g/mol. The van der Waals surface area contributed by atoms with E-state index in [2.05, 4.69) is 5.32 Å². The van der Waals surface area contributed by atoms with Gasteiger partial charge in [0.05, 0.1) is 10.6 Å². The lowest BCUT2D eigenvalue weighted by atomic mass is 10.0. The van der Waals surface area contributed by atoms with Crippen LogP contribution in [-0.4, -0.2) is 43.8 Å². The van der Waals surface area contributed by atoms with Gasteiger partial charge in [-0.25, -0.2) is 8.42 Å². The van der Waals surface area contributed by atoms with Gasteiger partial charge in [-0.15, -0.1) is 0 Å². The van der Waals surface area contributed by atoms with Crippen LogP contribution in [0.2, 0.25) is 15.1 Å². The number of carbonyl (C=O) groups is 2. The number of amides is 2. The molecule has 0 saturated heterocycles. The van der Waals surface area contributed by atoms with Gasteiger partial charge in [-0.1, -0.05) is 83.3 Å². The summed E-state index contributed by atoms with van der Waals surface area (Å²) in [5.74, 6) is -0.962. The zero-order valence-corrected chi connectivity index (χ0v) is 27.2. The lowest BCUT2D eigenvalue weighted by Crippen LogP contribution is -2.54. The summed E-state index contributed by atoms with van der Waals surface area (Å²) in [4.78, 5) is 29.5. The molecular formula is C33H32Cl3N3O4S. The van der Waals surface area contributed by atoms with Crippen LogP contribution in [0.5, 0.6) is 0 Å². The molecule has 0 aliphatic heterocycles. The summed E-state index contributed by atoms with van der Waals surface area (Å²) in [6, 6.07) is 27.0. The standard InChI is InChI=1S/C33H32Cl3N3O4S/c1-23(2)37-33(41)31(19-24-8-4-3-5-9-24)38(21-25-10-6-11-27(35)18-25)32(40)22-39(29-13-7-12-28(36)20-29)44(42,43)30-16-14-26(34)15-17-30/h3-18,20,23,31H,19,21-22H2,1-2H3,(H,37,41)/t31-/m1/s1. The van der Waals surface area contributed by atoms with E-state index in [1.165, 1.54) is 35.2 Å². The van der Waals surface area contributed by atoms with Crippen LogP contribution in [0.25, 0.3) is 0 Å². The normalized spacial score (nSPS) is 12.0. The van der Waals surface area contributed by atoms with Gasteiger partial charge in [0.25, 0.3) is 10.0 Å². The summed E-state index contributed by atoms with van der Waals surface area (Å²) in [7, 11) is -4.27. The minimum absolute atomic E-state index is 0.00673. The number of nitrogens with zero attached hydrogens (tertiary/aromatic N) is 2. The fourth-order valence-electron chi connectivity index (χ4n) is 4.66. The van der Waals surface area contributed by atoms with Gasteiger partial charge in [0.2, 0.25) is 11.8 Å². The maximum Gasteiger partial charge on any atom is 0.264 e. The van der Waals surface area contributed by atoms with E-state index in [1.807, 2.05) is 44.2 Å². The largest absolute Gasteiger partial charge is 0.352 e.